The van der Waals surface area contributed by atoms with Crippen LogP contribution in [0.5, 0.6) is 0 Å². The third-order valence-corrected chi connectivity index (χ3v) is 9.68. The Morgan fingerprint density at radius 3 is 2.38 bits per heavy atom. The van der Waals surface area contributed by atoms with Crippen molar-refractivity contribution in [1.82, 2.24) is 24.2 Å². The molecule has 0 aliphatic carbocycles. The van der Waals surface area contributed by atoms with E-state index in [2.05, 4.69) is 25.2 Å². The zero-order valence-electron chi connectivity index (χ0n) is 20.1. The van der Waals surface area contributed by atoms with Gasteiger partial charge in [-0.25, -0.2) is 32.1 Å². The third-order valence-electron chi connectivity index (χ3n) is 7.33. The Labute approximate surface area is 216 Å². The lowest BCUT2D eigenvalue weighted by atomic mass is 10.0. The number of sulfonamides is 1. The fourth-order valence-corrected chi connectivity index (χ4v) is 7.51. The number of halogens is 4. The van der Waals surface area contributed by atoms with Gasteiger partial charge in [0, 0.05) is 31.2 Å². The molecule has 3 saturated heterocycles. The molecule has 2 aromatic heterocycles. The van der Waals surface area contributed by atoms with Gasteiger partial charge >= 0.3 is 6.18 Å². The summed E-state index contributed by atoms with van der Waals surface area (Å²) in [6.45, 7) is 0.777. The summed E-state index contributed by atoms with van der Waals surface area (Å²) in [7, 11) is -3.31. The van der Waals surface area contributed by atoms with E-state index in [1.165, 1.54) is 4.31 Å². The summed E-state index contributed by atoms with van der Waals surface area (Å²) in [6, 6.07) is -0.0207. The predicted octanol–water partition coefficient (Wildman–Crippen LogP) is 3.08. The summed E-state index contributed by atoms with van der Waals surface area (Å²) < 4.78 is 81.4. The van der Waals surface area contributed by atoms with Crippen LogP contribution < -0.4 is 5.32 Å². The third kappa shape index (κ3) is 5.75. The van der Waals surface area contributed by atoms with Crippen LogP contribution in [-0.2, 0) is 22.7 Å². The monoisotopic (exact) mass is 564 g/mol. The zero-order chi connectivity index (χ0) is 26.5. The van der Waals surface area contributed by atoms with Crippen LogP contribution in [0.1, 0.15) is 49.2 Å². The Hall–Kier alpha value is -1.94. The van der Waals surface area contributed by atoms with E-state index in [0.717, 1.165) is 36.6 Å². The average molecular weight is 565 g/mol. The lowest BCUT2D eigenvalue weighted by molar-refractivity contribution is -0.140. The fraction of sp³-hybridized carbons (Fsp3) is 0.682. The number of nitrogens with one attached hydrogen (secondary N) is 1. The van der Waals surface area contributed by atoms with Crippen LogP contribution in [0.2, 0.25) is 0 Å². The summed E-state index contributed by atoms with van der Waals surface area (Å²) in [5.74, 6) is -1.01. The summed E-state index contributed by atoms with van der Waals surface area (Å²) >= 11 is 0.771. The first kappa shape index (κ1) is 26.7. The first-order valence-corrected chi connectivity index (χ1v) is 14.8. The van der Waals surface area contributed by atoms with Crippen LogP contribution in [0.25, 0.3) is 10.6 Å². The number of hydrogen-bond donors (Lipinski definition) is 2. The quantitative estimate of drug-likeness (QED) is 0.515. The highest BCUT2D eigenvalue weighted by Gasteiger charge is 2.43. The van der Waals surface area contributed by atoms with Crippen LogP contribution in [0.4, 0.5) is 23.5 Å². The molecule has 0 amide bonds. The molecule has 0 spiro atoms. The van der Waals surface area contributed by atoms with E-state index in [1.807, 2.05) is 0 Å². The van der Waals surface area contributed by atoms with Gasteiger partial charge in [0.05, 0.1) is 30.0 Å². The summed E-state index contributed by atoms with van der Waals surface area (Å²) in [4.78, 5) is 13.5. The number of rotatable bonds is 6. The molecular weight excluding hydrogens is 536 g/mol. The van der Waals surface area contributed by atoms with Crippen molar-refractivity contribution in [2.45, 2.75) is 75.5 Å². The molecule has 5 heterocycles. The van der Waals surface area contributed by atoms with Crippen molar-refractivity contribution in [3.05, 3.63) is 22.7 Å². The molecule has 3 aliphatic heterocycles. The Morgan fingerprint density at radius 2 is 1.78 bits per heavy atom. The molecule has 15 heteroatoms. The van der Waals surface area contributed by atoms with Crippen LogP contribution in [-0.4, -0.2) is 81.3 Å². The number of nitrogens with zero attached hydrogens (tertiary/aromatic N) is 5. The number of hydrogen-bond acceptors (Lipinski definition) is 9. The maximum Gasteiger partial charge on any atom is 0.434 e. The molecule has 3 aliphatic rings. The number of alkyl halides is 3. The highest BCUT2D eigenvalue weighted by molar-refractivity contribution is 7.88. The Kier molecular flexibility index (Phi) is 7.19. The lowest BCUT2D eigenvalue weighted by Crippen LogP contribution is -2.44. The lowest BCUT2D eigenvalue weighted by Gasteiger charge is -2.36. The van der Waals surface area contributed by atoms with Crippen LogP contribution in [0.15, 0.2) is 6.20 Å². The number of fused-ring (bicyclic) bond motifs is 2. The van der Waals surface area contributed by atoms with Gasteiger partial charge in [-0.05, 0) is 38.5 Å². The first-order valence-electron chi connectivity index (χ1n) is 12.1. The maximum absolute atomic E-state index is 14.8. The molecule has 37 heavy (non-hydrogen) atoms. The molecule has 2 bridgehead atoms. The van der Waals surface area contributed by atoms with Crippen molar-refractivity contribution in [3.63, 3.8) is 0 Å². The molecule has 0 radical (unpaired) electrons. The summed E-state index contributed by atoms with van der Waals surface area (Å²) in [5, 5.41) is 13.2. The van der Waals surface area contributed by atoms with Gasteiger partial charge in [0.1, 0.15) is 10.7 Å². The largest absolute Gasteiger partial charge is 0.434 e. The molecule has 0 saturated carbocycles. The van der Waals surface area contributed by atoms with Gasteiger partial charge in [-0.15, -0.1) is 11.3 Å². The van der Waals surface area contributed by atoms with Crippen LogP contribution >= 0.6 is 11.3 Å². The van der Waals surface area contributed by atoms with E-state index < -0.39 is 44.4 Å². The van der Waals surface area contributed by atoms with E-state index >= 15 is 0 Å². The topological polar surface area (TPSA) is 112 Å². The fourth-order valence-electron chi connectivity index (χ4n) is 5.55. The van der Waals surface area contributed by atoms with E-state index in [-0.39, 0.29) is 48.7 Å². The van der Waals surface area contributed by atoms with Crippen LogP contribution in [0, 0.1) is 5.82 Å². The average Bonchev–Trinajstić information content (AvgIpc) is 3.34. The zero-order valence-corrected chi connectivity index (χ0v) is 21.7. The van der Waals surface area contributed by atoms with E-state index in [9.17, 15) is 31.1 Å². The molecule has 204 valence electrons. The SMILES string of the molecule is CS(=O)(=O)N1CCC(Nc2ncc(F)c(-c3sc(CN4C5CCC4CC(O)C5)nc3C(F)(F)F)n2)CC1. The number of aliphatic hydroxyl groups is 1. The minimum Gasteiger partial charge on any atom is -0.393 e. The van der Waals surface area contributed by atoms with Crippen molar-refractivity contribution in [1.29, 1.82) is 0 Å². The van der Waals surface area contributed by atoms with Crippen LogP contribution in [0.3, 0.4) is 0 Å². The predicted molar refractivity (Wildman–Crippen MR) is 129 cm³/mol. The molecule has 0 aromatic carbocycles. The van der Waals surface area contributed by atoms with Gasteiger partial charge in [-0.3, -0.25) is 4.90 Å². The van der Waals surface area contributed by atoms with Crippen molar-refractivity contribution in [2.24, 2.45) is 0 Å². The smallest absolute Gasteiger partial charge is 0.393 e. The van der Waals surface area contributed by atoms with Crippen molar-refractivity contribution in [3.8, 4) is 10.6 Å². The van der Waals surface area contributed by atoms with Gasteiger partial charge in [-0.2, -0.15) is 13.2 Å². The molecule has 3 fully saturated rings. The van der Waals surface area contributed by atoms with E-state index in [1.54, 1.807) is 0 Å². The van der Waals surface area contributed by atoms with Crippen molar-refractivity contribution >= 4 is 27.3 Å². The minimum absolute atomic E-state index is 0.0275. The van der Waals surface area contributed by atoms with Gasteiger partial charge in [0.15, 0.2) is 11.5 Å². The maximum atomic E-state index is 14.8. The minimum atomic E-state index is -4.80. The van der Waals surface area contributed by atoms with Crippen molar-refractivity contribution in [2.75, 3.05) is 24.7 Å². The molecule has 5 rings (SSSR count). The van der Waals surface area contributed by atoms with Crippen molar-refractivity contribution < 1.29 is 31.1 Å². The Bertz CT molecular complexity index is 1240. The normalized spacial score (nSPS) is 26.1. The second kappa shape index (κ2) is 9.98. The van der Waals surface area contributed by atoms with Gasteiger partial charge in [0.2, 0.25) is 16.0 Å². The number of piperidine rings is 2. The molecular formula is C22H28F4N6O3S2. The number of aromatic nitrogens is 3. The molecule has 2 aromatic rings. The van der Waals surface area contributed by atoms with E-state index in [0.29, 0.717) is 25.7 Å². The summed E-state index contributed by atoms with van der Waals surface area (Å²) in [5.41, 5.74) is -1.65. The Balaban J connectivity index is 1.38. The van der Waals surface area contributed by atoms with Gasteiger partial charge in [0.25, 0.3) is 0 Å². The molecule has 2 unspecified atom stereocenters. The second-order valence-electron chi connectivity index (χ2n) is 9.94. The highest BCUT2D eigenvalue weighted by atomic mass is 32.2. The molecule has 2 N–H and O–H groups in total. The Morgan fingerprint density at radius 1 is 1.14 bits per heavy atom. The van der Waals surface area contributed by atoms with E-state index in [4.69, 9.17) is 0 Å². The van der Waals surface area contributed by atoms with Gasteiger partial charge in [-0.1, -0.05) is 0 Å². The highest BCUT2D eigenvalue weighted by Crippen LogP contribution is 2.43. The number of aliphatic hydroxyl groups excluding tert-OH is 1. The number of thiazole rings is 1. The summed E-state index contributed by atoms with van der Waals surface area (Å²) in [6.07, 6.45) is 0.604. The molecule has 2 atom stereocenters. The van der Waals surface area contributed by atoms with Gasteiger partial charge < -0.3 is 10.4 Å². The number of anilines is 1. The first-order chi connectivity index (χ1) is 17.4. The standard InChI is InChI=1S/C22H28F4N6O3S2/c1-37(34,35)31-6-4-12(5-7-31)28-21-27-10-16(23)18(30-21)19-20(22(24,25)26)29-17(36-19)11-32-13-2-3-14(32)9-15(33)8-13/h10,12-15,33H,2-9,11H2,1H3,(H,27,28,30). The second-order valence-corrected chi connectivity index (χ2v) is 13.0. The molecule has 9 nitrogen and oxygen atoms in total.